The highest BCUT2D eigenvalue weighted by atomic mass is 79.9. The van der Waals surface area contributed by atoms with Crippen LogP contribution in [0, 0.1) is 5.92 Å². The van der Waals surface area contributed by atoms with Crippen molar-refractivity contribution in [2.45, 2.75) is 39.2 Å². The number of hydrogen-bond donors (Lipinski definition) is 1. The molecule has 9 heteroatoms. The first-order valence-corrected chi connectivity index (χ1v) is 9.08. The molecule has 0 saturated carbocycles. The molecule has 2 rings (SSSR count). The number of pyridine rings is 1. The van der Waals surface area contributed by atoms with Gasteiger partial charge in [0.15, 0.2) is 5.84 Å². The SMILES string of the molecule is CC(C)(C)OC(=O)N1CCC(C(=O)ON=C(N)c2cncc(Br)c2)CC1. The standard InChI is InChI=1S/C17H23BrN4O4/c1-17(2,3)25-16(24)22-6-4-11(5-7-22)15(23)26-21-14(19)12-8-13(18)10-20-9-12/h8-11H,4-7H2,1-3H3,(H2,19,21). The molecule has 0 radical (unpaired) electrons. The molecule has 2 N–H and O–H groups in total. The van der Waals surface area contributed by atoms with E-state index in [0.717, 1.165) is 4.47 Å². The number of amidine groups is 1. The Morgan fingerprint density at radius 2 is 1.96 bits per heavy atom. The average Bonchev–Trinajstić information content (AvgIpc) is 2.58. The molecule has 8 nitrogen and oxygen atoms in total. The second-order valence-electron chi connectivity index (χ2n) is 7.02. The molecule has 1 aliphatic rings. The Morgan fingerprint density at radius 1 is 1.31 bits per heavy atom. The fourth-order valence-electron chi connectivity index (χ4n) is 2.40. The summed E-state index contributed by atoms with van der Waals surface area (Å²) in [5, 5.41) is 3.69. The first kappa shape index (κ1) is 20.2. The maximum Gasteiger partial charge on any atom is 0.410 e. The summed E-state index contributed by atoms with van der Waals surface area (Å²) in [5.74, 6) is -0.719. The van der Waals surface area contributed by atoms with Gasteiger partial charge in [-0.3, -0.25) is 4.98 Å². The van der Waals surface area contributed by atoms with Crippen molar-refractivity contribution >= 4 is 33.8 Å². The topological polar surface area (TPSA) is 107 Å². The number of aromatic nitrogens is 1. The van der Waals surface area contributed by atoms with Gasteiger partial charge < -0.3 is 20.2 Å². The Balaban J connectivity index is 1.85. The van der Waals surface area contributed by atoms with Gasteiger partial charge in [-0.1, -0.05) is 5.16 Å². The second-order valence-corrected chi connectivity index (χ2v) is 7.94. The summed E-state index contributed by atoms with van der Waals surface area (Å²) in [5.41, 5.74) is 5.81. The first-order valence-electron chi connectivity index (χ1n) is 8.29. The Hall–Kier alpha value is -2.16. The number of halogens is 1. The Kier molecular flexibility index (Phi) is 6.57. The number of carbonyl (C=O) groups is 2. The number of nitrogens with two attached hydrogens (primary N) is 1. The maximum absolute atomic E-state index is 12.2. The van der Waals surface area contributed by atoms with E-state index in [1.807, 2.05) is 20.8 Å². The van der Waals surface area contributed by atoms with Crippen molar-refractivity contribution in [1.29, 1.82) is 0 Å². The van der Waals surface area contributed by atoms with Gasteiger partial charge in [-0.2, -0.15) is 0 Å². The molecule has 0 aliphatic carbocycles. The Morgan fingerprint density at radius 3 is 2.54 bits per heavy atom. The predicted octanol–water partition coefficient (Wildman–Crippen LogP) is 2.65. The van der Waals surface area contributed by atoms with Crippen LogP contribution in [-0.4, -0.2) is 46.5 Å². The minimum atomic E-state index is -0.541. The highest BCUT2D eigenvalue weighted by Crippen LogP contribution is 2.21. The second kappa shape index (κ2) is 8.48. The fraction of sp³-hybridized carbons (Fsp3) is 0.529. The van der Waals surface area contributed by atoms with E-state index in [-0.39, 0.29) is 17.8 Å². The Bertz CT molecular complexity index is 694. The third-order valence-electron chi connectivity index (χ3n) is 3.71. The molecule has 0 aromatic carbocycles. The van der Waals surface area contributed by atoms with E-state index in [1.165, 1.54) is 6.20 Å². The molecule has 2 heterocycles. The van der Waals surface area contributed by atoms with Crippen LogP contribution in [0.5, 0.6) is 0 Å². The molecular weight excluding hydrogens is 404 g/mol. The first-order chi connectivity index (χ1) is 12.2. The van der Waals surface area contributed by atoms with E-state index in [9.17, 15) is 9.59 Å². The van der Waals surface area contributed by atoms with Crippen molar-refractivity contribution < 1.29 is 19.2 Å². The van der Waals surface area contributed by atoms with E-state index in [2.05, 4.69) is 26.1 Å². The van der Waals surface area contributed by atoms with Crippen LogP contribution in [-0.2, 0) is 14.4 Å². The molecule has 0 unspecified atom stereocenters. The predicted molar refractivity (Wildman–Crippen MR) is 99.3 cm³/mol. The summed E-state index contributed by atoms with van der Waals surface area (Å²) in [6, 6.07) is 1.72. The molecule has 0 spiro atoms. The average molecular weight is 427 g/mol. The van der Waals surface area contributed by atoms with E-state index < -0.39 is 11.6 Å². The minimum Gasteiger partial charge on any atom is -0.444 e. The van der Waals surface area contributed by atoms with Crippen molar-refractivity contribution in [3.8, 4) is 0 Å². The van der Waals surface area contributed by atoms with Crippen LogP contribution in [0.25, 0.3) is 0 Å². The maximum atomic E-state index is 12.2. The summed E-state index contributed by atoms with van der Waals surface area (Å²) < 4.78 is 6.08. The monoisotopic (exact) mass is 426 g/mol. The van der Waals surface area contributed by atoms with Crippen LogP contribution >= 0.6 is 15.9 Å². The van der Waals surface area contributed by atoms with Crippen LogP contribution in [0.15, 0.2) is 28.1 Å². The zero-order chi connectivity index (χ0) is 19.3. The number of nitrogens with zero attached hydrogens (tertiary/aromatic N) is 3. The van der Waals surface area contributed by atoms with E-state index in [4.69, 9.17) is 15.3 Å². The highest BCUT2D eigenvalue weighted by Gasteiger charge is 2.31. The molecule has 1 amide bonds. The van der Waals surface area contributed by atoms with Crippen molar-refractivity contribution in [2.24, 2.45) is 16.8 Å². The number of carbonyl (C=O) groups excluding carboxylic acids is 2. The lowest BCUT2D eigenvalue weighted by molar-refractivity contribution is -0.150. The summed E-state index contributed by atoms with van der Waals surface area (Å²) in [4.78, 5) is 34.7. The number of piperidine rings is 1. The molecule has 0 bridgehead atoms. The summed E-state index contributed by atoms with van der Waals surface area (Å²) >= 11 is 3.29. The van der Waals surface area contributed by atoms with Crippen molar-refractivity contribution in [3.63, 3.8) is 0 Å². The summed E-state index contributed by atoms with van der Waals surface area (Å²) in [6.07, 6.45) is 3.75. The fourth-order valence-corrected chi connectivity index (χ4v) is 2.76. The molecule has 1 aliphatic heterocycles. The third-order valence-corrected chi connectivity index (χ3v) is 4.15. The van der Waals surface area contributed by atoms with Crippen LogP contribution in [0.1, 0.15) is 39.2 Å². The number of hydrogen-bond acceptors (Lipinski definition) is 6. The van der Waals surface area contributed by atoms with Gasteiger partial charge in [0.2, 0.25) is 0 Å². The van der Waals surface area contributed by atoms with Gasteiger partial charge in [-0.05, 0) is 55.6 Å². The quantitative estimate of drug-likeness (QED) is 0.344. The summed E-state index contributed by atoms with van der Waals surface area (Å²) in [7, 11) is 0. The smallest absolute Gasteiger partial charge is 0.410 e. The lowest BCUT2D eigenvalue weighted by Gasteiger charge is -2.32. The number of oxime groups is 1. The highest BCUT2D eigenvalue weighted by molar-refractivity contribution is 9.10. The number of likely N-dealkylation sites (tertiary alicyclic amines) is 1. The molecule has 142 valence electrons. The Labute approximate surface area is 160 Å². The van der Waals surface area contributed by atoms with Crippen molar-refractivity contribution in [2.75, 3.05) is 13.1 Å². The molecule has 1 aromatic heterocycles. The van der Waals surface area contributed by atoms with Crippen molar-refractivity contribution in [1.82, 2.24) is 9.88 Å². The van der Waals surface area contributed by atoms with Gasteiger partial charge in [0.1, 0.15) is 5.60 Å². The molecule has 26 heavy (non-hydrogen) atoms. The van der Waals surface area contributed by atoms with E-state index in [1.54, 1.807) is 17.2 Å². The zero-order valence-corrected chi connectivity index (χ0v) is 16.7. The number of rotatable bonds is 3. The minimum absolute atomic E-state index is 0.0679. The van der Waals surface area contributed by atoms with Gasteiger partial charge >= 0.3 is 12.1 Å². The molecule has 1 fully saturated rings. The largest absolute Gasteiger partial charge is 0.444 e. The van der Waals surface area contributed by atoms with Gasteiger partial charge in [-0.15, -0.1) is 0 Å². The van der Waals surface area contributed by atoms with Crippen molar-refractivity contribution in [3.05, 3.63) is 28.5 Å². The molecular formula is C17H23BrN4O4. The van der Waals surface area contributed by atoms with E-state index in [0.29, 0.717) is 31.5 Å². The van der Waals surface area contributed by atoms with Gasteiger partial charge in [0.25, 0.3) is 0 Å². The third kappa shape index (κ3) is 5.98. The van der Waals surface area contributed by atoms with Gasteiger partial charge in [-0.25, -0.2) is 9.59 Å². The van der Waals surface area contributed by atoms with E-state index >= 15 is 0 Å². The number of amides is 1. The van der Waals surface area contributed by atoms with Crippen LogP contribution < -0.4 is 5.73 Å². The van der Waals surface area contributed by atoms with Crippen LogP contribution in [0.4, 0.5) is 4.79 Å². The van der Waals surface area contributed by atoms with Crippen LogP contribution in [0.2, 0.25) is 0 Å². The van der Waals surface area contributed by atoms with Crippen LogP contribution in [0.3, 0.4) is 0 Å². The number of ether oxygens (including phenoxy) is 1. The summed E-state index contributed by atoms with van der Waals surface area (Å²) in [6.45, 7) is 6.32. The van der Waals surface area contributed by atoms with Gasteiger partial charge in [0, 0.05) is 35.5 Å². The molecule has 1 saturated heterocycles. The van der Waals surface area contributed by atoms with Gasteiger partial charge in [0.05, 0.1) is 5.92 Å². The molecule has 0 atom stereocenters. The zero-order valence-electron chi connectivity index (χ0n) is 15.1. The molecule has 1 aromatic rings. The lowest BCUT2D eigenvalue weighted by Crippen LogP contribution is -2.43. The normalized spacial score (nSPS) is 16.3. The lowest BCUT2D eigenvalue weighted by atomic mass is 9.97.